The molecule has 0 unspecified atom stereocenters. The molecule has 0 saturated carbocycles. The van der Waals surface area contributed by atoms with Gasteiger partial charge in [-0.25, -0.2) is 4.39 Å². The predicted molar refractivity (Wildman–Crippen MR) is 55.3 cm³/mol. The van der Waals surface area contributed by atoms with E-state index in [1.54, 1.807) is 0 Å². The molecule has 1 nitrogen and oxygen atoms in total. The van der Waals surface area contributed by atoms with Gasteiger partial charge in [-0.3, -0.25) is 0 Å². The number of hydrogen-bond acceptors (Lipinski definition) is 0. The van der Waals surface area contributed by atoms with Crippen LogP contribution in [0.1, 0.15) is 12.6 Å². The SMILES string of the molecule is CCc1cc2cc(F)cc(Br)c2[nH]1. The van der Waals surface area contributed by atoms with E-state index in [1.165, 1.54) is 12.1 Å². The van der Waals surface area contributed by atoms with E-state index in [1.807, 2.05) is 6.07 Å². The largest absolute Gasteiger partial charge is 0.357 e. The van der Waals surface area contributed by atoms with Crippen molar-refractivity contribution in [3.05, 3.63) is 34.2 Å². The average Bonchev–Trinajstić information content (AvgIpc) is 2.47. The van der Waals surface area contributed by atoms with Crippen LogP contribution < -0.4 is 0 Å². The number of benzene rings is 1. The third-order valence-corrected chi connectivity index (χ3v) is 2.71. The fraction of sp³-hybridized carbons (Fsp3) is 0.200. The normalized spacial score (nSPS) is 11.0. The number of aromatic nitrogens is 1. The number of aromatic amines is 1. The minimum Gasteiger partial charge on any atom is -0.357 e. The van der Waals surface area contributed by atoms with Gasteiger partial charge in [0.2, 0.25) is 0 Å². The van der Waals surface area contributed by atoms with Crippen molar-refractivity contribution in [3.63, 3.8) is 0 Å². The van der Waals surface area contributed by atoms with E-state index in [4.69, 9.17) is 0 Å². The Labute approximate surface area is 84.1 Å². The Morgan fingerprint density at radius 2 is 2.15 bits per heavy atom. The fourth-order valence-corrected chi connectivity index (χ4v) is 1.96. The van der Waals surface area contributed by atoms with Crippen LogP contribution in [0.5, 0.6) is 0 Å². The summed E-state index contributed by atoms with van der Waals surface area (Å²) in [5, 5.41) is 0.920. The summed E-state index contributed by atoms with van der Waals surface area (Å²) in [5.74, 6) is -0.207. The van der Waals surface area contributed by atoms with Crippen molar-refractivity contribution in [2.75, 3.05) is 0 Å². The summed E-state index contributed by atoms with van der Waals surface area (Å²) in [6, 6.07) is 4.98. The first-order valence-corrected chi connectivity index (χ1v) is 4.96. The first kappa shape index (κ1) is 8.75. The van der Waals surface area contributed by atoms with Crippen molar-refractivity contribution >= 4 is 26.8 Å². The molecule has 13 heavy (non-hydrogen) atoms. The highest BCUT2D eigenvalue weighted by atomic mass is 79.9. The smallest absolute Gasteiger partial charge is 0.125 e. The maximum Gasteiger partial charge on any atom is 0.125 e. The van der Waals surface area contributed by atoms with Crippen molar-refractivity contribution in [2.45, 2.75) is 13.3 Å². The summed E-state index contributed by atoms with van der Waals surface area (Å²) in [4.78, 5) is 3.23. The van der Waals surface area contributed by atoms with Gasteiger partial charge in [-0.2, -0.15) is 0 Å². The molecule has 0 aliphatic carbocycles. The Morgan fingerprint density at radius 3 is 2.85 bits per heavy atom. The van der Waals surface area contributed by atoms with E-state index in [2.05, 4.69) is 27.8 Å². The molecule has 0 aliphatic rings. The Hall–Kier alpha value is -0.830. The van der Waals surface area contributed by atoms with Gasteiger partial charge < -0.3 is 4.98 Å². The molecule has 0 amide bonds. The van der Waals surface area contributed by atoms with Crippen LogP contribution in [-0.4, -0.2) is 4.98 Å². The maximum absolute atomic E-state index is 13.0. The van der Waals surface area contributed by atoms with Crippen molar-refractivity contribution in [2.24, 2.45) is 0 Å². The number of nitrogens with one attached hydrogen (secondary N) is 1. The summed E-state index contributed by atoms with van der Waals surface area (Å²) >= 11 is 3.32. The summed E-state index contributed by atoms with van der Waals surface area (Å²) in [7, 11) is 0. The number of rotatable bonds is 1. The molecule has 2 aromatic rings. The maximum atomic E-state index is 13.0. The van der Waals surface area contributed by atoms with E-state index < -0.39 is 0 Å². The van der Waals surface area contributed by atoms with Crippen LogP contribution in [0.25, 0.3) is 10.9 Å². The second kappa shape index (κ2) is 3.14. The lowest BCUT2D eigenvalue weighted by atomic mass is 10.2. The van der Waals surface area contributed by atoms with Gasteiger partial charge >= 0.3 is 0 Å². The van der Waals surface area contributed by atoms with Crippen molar-refractivity contribution in [1.29, 1.82) is 0 Å². The summed E-state index contributed by atoms with van der Waals surface area (Å²) in [6.07, 6.45) is 0.933. The Balaban J connectivity index is 2.75. The number of H-pyrrole nitrogens is 1. The van der Waals surface area contributed by atoms with E-state index in [9.17, 15) is 4.39 Å². The summed E-state index contributed by atoms with van der Waals surface area (Å²) < 4.78 is 13.7. The molecule has 2 rings (SSSR count). The van der Waals surface area contributed by atoms with Crippen LogP contribution in [0.3, 0.4) is 0 Å². The molecule has 0 saturated heterocycles. The van der Waals surface area contributed by atoms with Crippen molar-refractivity contribution in [3.8, 4) is 0 Å². The van der Waals surface area contributed by atoms with Crippen LogP contribution in [0.2, 0.25) is 0 Å². The zero-order valence-electron chi connectivity index (χ0n) is 7.20. The van der Waals surface area contributed by atoms with Gasteiger partial charge in [-0.15, -0.1) is 0 Å². The summed E-state index contributed by atoms with van der Waals surface area (Å²) in [5.41, 5.74) is 2.10. The van der Waals surface area contributed by atoms with Crippen molar-refractivity contribution in [1.82, 2.24) is 4.98 Å². The summed E-state index contributed by atoms with van der Waals surface area (Å²) in [6.45, 7) is 2.06. The molecule has 1 aromatic carbocycles. The van der Waals surface area contributed by atoms with Crippen LogP contribution >= 0.6 is 15.9 Å². The molecular weight excluding hydrogens is 233 g/mol. The minimum absolute atomic E-state index is 0.207. The van der Waals surface area contributed by atoms with Gasteiger partial charge in [0.05, 0.1) is 5.52 Å². The topological polar surface area (TPSA) is 15.8 Å². The molecule has 0 aliphatic heterocycles. The highest BCUT2D eigenvalue weighted by Crippen LogP contribution is 2.25. The molecular formula is C10H9BrFN. The zero-order chi connectivity index (χ0) is 9.42. The molecule has 68 valence electrons. The monoisotopic (exact) mass is 241 g/mol. The molecule has 1 aromatic heterocycles. The first-order valence-electron chi connectivity index (χ1n) is 4.17. The van der Waals surface area contributed by atoms with E-state index in [-0.39, 0.29) is 5.82 Å². The second-order valence-corrected chi connectivity index (χ2v) is 3.85. The lowest BCUT2D eigenvalue weighted by molar-refractivity contribution is 0.629. The van der Waals surface area contributed by atoms with Gasteiger partial charge in [-0.05, 0) is 40.5 Å². The van der Waals surface area contributed by atoms with E-state index in [0.717, 1.165) is 27.5 Å². The lowest BCUT2D eigenvalue weighted by Crippen LogP contribution is -1.77. The van der Waals surface area contributed by atoms with Crippen LogP contribution in [0.15, 0.2) is 22.7 Å². The number of aryl methyl sites for hydroxylation is 1. The Bertz CT molecular complexity index is 447. The molecule has 1 N–H and O–H groups in total. The molecule has 0 atom stereocenters. The molecule has 0 fully saturated rings. The molecule has 1 heterocycles. The fourth-order valence-electron chi connectivity index (χ4n) is 1.41. The van der Waals surface area contributed by atoms with Gasteiger partial charge in [0.25, 0.3) is 0 Å². The minimum atomic E-state index is -0.207. The Morgan fingerprint density at radius 1 is 1.38 bits per heavy atom. The third-order valence-electron chi connectivity index (χ3n) is 2.08. The van der Waals surface area contributed by atoms with Gasteiger partial charge in [0.15, 0.2) is 0 Å². The van der Waals surface area contributed by atoms with E-state index >= 15 is 0 Å². The molecule has 0 spiro atoms. The number of hydrogen-bond donors (Lipinski definition) is 1. The van der Waals surface area contributed by atoms with Gasteiger partial charge in [0, 0.05) is 15.6 Å². The predicted octanol–water partition coefficient (Wildman–Crippen LogP) is 3.63. The molecule has 3 heteroatoms. The van der Waals surface area contributed by atoms with Crippen LogP contribution in [0.4, 0.5) is 4.39 Å². The highest BCUT2D eigenvalue weighted by Gasteiger charge is 2.04. The number of halogens is 2. The zero-order valence-corrected chi connectivity index (χ0v) is 8.78. The van der Waals surface area contributed by atoms with E-state index in [0.29, 0.717) is 0 Å². The Kier molecular flexibility index (Phi) is 2.12. The highest BCUT2D eigenvalue weighted by molar-refractivity contribution is 9.10. The van der Waals surface area contributed by atoms with Crippen molar-refractivity contribution < 1.29 is 4.39 Å². The second-order valence-electron chi connectivity index (χ2n) is 3.00. The quantitative estimate of drug-likeness (QED) is 0.785. The van der Waals surface area contributed by atoms with Crippen LogP contribution in [0, 0.1) is 5.82 Å². The third kappa shape index (κ3) is 1.48. The van der Waals surface area contributed by atoms with Crippen LogP contribution in [-0.2, 0) is 6.42 Å². The molecule has 0 radical (unpaired) electrons. The van der Waals surface area contributed by atoms with Gasteiger partial charge in [0.1, 0.15) is 5.82 Å². The first-order chi connectivity index (χ1) is 6.20. The standard InChI is InChI=1S/C10H9BrFN/c1-2-8-4-6-3-7(12)5-9(11)10(6)13-8/h3-5,13H,2H2,1H3. The average molecular weight is 242 g/mol. The molecule has 0 bridgehead atoms. The van der Waals surface area contributed by atoms with Gasteiger partial charge in [-0.1, -0.05) is 6.92 Å². The number of fused-ring (bicyclic) bond motifs is 1. The lowest BCUT2D eigenvalue weighted by Gasteiger charge is -1.94.